The highest BCUT2D eigenvalue weighted by Crippen LogP contribution is 2.50. The van der Waals surface area contributed by atoms with E-state index in [1.165, 1.54) is 18.2 Å². The Morgan fingerprint density at radius 3 is 2.12 bits per heavy atom. The molecule has 0 radical (unpaired) electrons. The Morgan fingerprint density at radius 1 is 1.20 bits per heavy atom. The average Bonchev–Trinajstić information content (AvgIpc) is 3.00. The molecule has 1 aromatic carbocycles. The lowest BCUT2D eigenvalue weighted by atomic mass is 9.76. The van der Waals surface area contributed by atoms with Crippen molar-refractivity contribution in [1.82, 2.24) is 0 Å². The fraction of sp³-hybridized carbons (Fsp3) is 0.412. The molecule has 2 unspecified atom stereocenters. The summed E-state index contributed by atoms with van der Waals surface area (Å²) in [5, 5.41) is 0. The minimum atomic E-state index is -4.50. The highest BCUT2D eigenvalue weighted by Gasteiger charge is 2.61. The summed E-state index contributed by atoms with van der Waals surface area (Å²) in [4.78, 5) is 24.8. The van der Waals surface area contributed by atoms with Crippen LogP contribution in [-0.2, 0) is 30.0 Å². The molecule has 0 saturated carbocycles. The van der Waals surface area contributed by atoms with E-state index in [0.29, 0.717) is 0 Å². The minimum absolute atomic E-state index is 0.0818. The molecule has 1 aliphatic rings. The summed E-state index contributed by atoms with van der Waals surface area (Å²) in [6, 6.07) is 4.05. The van der Waals surface area contributed by atoms with Gasteiger partial charge in [-0.2, -0.15) is 13.2 Å². The van der Waals surface area contributed by atoms with Crippen molar-refractivity contribution in [3.05, 3.63) is 48.0 Å². The van der Waals surface area contributed by atoms with Crippen LogP contribution in [0.2, 0.25) is 0 Å². The van der Waals surface area contributed by atoms with Crippen LogP contribution >= 0.6 is 0 Å². The van der Waals surface area contributed by atoms with Gasteiger partial charge in [0.2, 0.25) is 0 Å². The molecule has 0 aromatic heterocycles. The molecule has 0 bridgehead atoms. The summed E-state index contributed by atoms with van der Waals surface area (Å²) in [5.41, 5.74) is -2.44. The Hall–Kier alpha value is -2.35. The zero-order chi connectivity index (χ0) is 18.8. The monoisotopic (exact) mass is 358 g/mol. The van der Waals surface area contributed by atoms with Gasteiger partial charge in [0.05, 0.1) is 25.9 Å². The topological polar surface area (TPSA) is 61.8 Å². The number of methoxy groups -OCH3 is 2. The normalized spacial score (nSPS) is 22.3. The standard InChI is InChI=1S/C17H17F3O5/c1-4-12-9-16(14(21)23-2,15(22)24-3)13(25-12)10-5-7-11(8-6-10)17(18,19)20/h4-8,12-13H,1,9H2,2-3H3. The smallest absolute Gasteiger partial charge is 0.416 e. The van der Waals surface area contributed by atoms with Gasteiger partial charge in [-0.3, -0.25) is 9.59 Å². The van der Waals surface area contributed by atoms with Gasteiger partial charge in [-0.25, -0.2) is 0 Å². The second kappa shape index (κ2) is 6.87. The molecule has 25 heavy (non-hydrogen) atoms. The van der Waals surface area contributed by atoms with E-state index >= 15 is 0 Å². The molecule has 1 heterocycles. The predicted molar refractivity (Wildman–Crippen MR) is 80.3 cm³/mol. The summed E-state index contributed by atoms with van der Waals surface area (Å²) in [5.74, 6) is -1.76. The Labute approximate surface area is 142 Å². The summed E-state index contributed by atoms with van der Waals surface area (Å²) in [6.45, 7) is 3.58. The van der Waals surface area contributed by atoms with E-state index in [0.717, 1.165) is 26.4 Å². The number of benzene rings is 1. The molecule has 1 aromatic rings. The van der Waals surface area contributed by atoms with Crippen LogP contribution in [-0.4, -0.2) is 32.3 Å². The fourth-order valence-corrected chi connectivity index (χ4v) is 2.94. The van der Waals surface area contributed by atoms with E-state index in [1.54, 1.807) is 0 Å². The van der Waals surface area contributed by atoms with Crippen molar-refractivity contribution in [3.63, 3.8) is 0 Å². The maximum atomic E-state index is 12.7. The summed E-state index contributed by atoms with van der Waals surface area (Å²) >= 11 is 0. The van der Waals surface area contributed by atoms with E-state index in [2.05, 4.69) is 6.58 Å². The van der Waals surface area contributed by atoms with Gasteiger partial charge in [0.25, 0.3) is 0 Å². The first kappa shape index (κ1) is 19.0. The van der Waals surface area contributed by atoms with Crippen LogP contribution in [0.1, 0.15) is 23.7 Å². The number of ether oxygens (including phenoxy) is 3. The van der Waals surface area contributed by atoms with Crippen molar-refractivity contribution in [1.29, 1.82) is 0 Å². The number of rotatable bonds is 4. The van der Waals surface area contributed by atoms with Gasteiger partial charge in [0, 0.05) is 6.42 Å². The van der Waals surface area contributed by atoms with Crippen molar-refractivity contribution >= 4 is 11.9 Å². The lowest BCUT2D eigenvalue weighted by Crippen LogP contribution is -2.43. The number of alkyl halides is 3. The molecule has 0 N–H and O–H groups in total. The van der Waals surface area contributed by atoms with Crippen LogP contribution in [0.3, 0.4) is 0 Å². The molecular formula is C17H17F3O5. The SMILES string of the molecule is C=CC1CC(C(=O)OC)(C(=O)OC)C(c2ccc(C(F)(F)F)cc2)O1. The third kappa shape index (κ3) is 3.26. The van der Waals surface area contributed by atoms with E-state index in [4.69, 9.17) is 14.2 Å². The molecule has 1 fully saturated rings. The molecule has 0 aliphatic carbocycles. The number of hydrogen-bond donors (Lipinski definition) is 0. The lowest BCUT2D eigenvalue weighted by molar-refractivity contribution is -0.173. The van der Waals surface area contributed by atoms with E-state index < -0.39 is 41.3 Å². The molecule has 136 valence electrons. The Bertz CT molecular complexity index is 650. The van der Waals surface area contributed by atoms with Crippen LogP contribution < -0.4 is 0 Å². The van der Waals surface area contributed by atoms with E-state index in [1.807, 2.05) is 0 Å². The summed E-state index contributed by atoms with van der Waals surface area (Å²) in [7, 11) is 2.22. The summed E-state index contributed by atoms with van der Waals surface area (Å²) < 4.78 is 53.4. The van der Waals surface area contributed by atoms with Crippen LogP contribution in [0.15, 0.2) is 36.9 Å². The number of halogens is 3. The van der Waals surface area contributed by atoms with Gasteiger partial charge in [-0.15, -0.1) is 6.58 Å². The van der Waals surface area contributed by atoms with E-state index in [-0.39, 0.29) is 12.0 Å². The maximum Gasteiger partial charge on any atom is 0.416 e. The van der Waals surface area contributed by atoms with E-state index in [9.17, 15) is 22.8 Å². The minimum Gasteiger partial charge on any atom is -0.468 e. The van der Waals surface area contributed by atoms with Gasteiger partial charge in [-0.1, -0.05) is 18.2 Å². The number of carbonyl (C=O) groups is 2. The zero-order valence-corrected chi connectivity index (χ0v) is 13.6. The summed E-state index contributed by atoms with van der Waals surface area (Å²) in [6.07, 6.45) is -4.99. The zero-order valence-electron chi connectivity index (χ0n) is 13.6. The van der Waals surface area contributed by atoms with Crippen LogP contribution in [0, 0.1) is 5.41 Å². The largest absolute Gasteiger partial charge is 0.468 e. The molecule has 0 amide bonds. The highest BCUT2D eigenvalue weighted by molar-refractivity contribution is 6.01. The third-order valence-electron chi connectivity index (χ3n) is 4.18. The first-order valence-electron chi connectivity index (χ1n) is 7.32. The molecular weight excluding hydrogens is 341 g/mol. The fourth-order valence-electron chi connectivity index (χ4n) is 2.94. The van der Waals surface area contributed by atoms with Gasteiger partial charge in [0.15, 0.2) is 5.41 Å². The highest BCUT2D eigenvalue weighted by atomic mass is 19.4. The molecule has 1 aliphatic heterocycles. The number of carbonyl (C=O) groups excluding carboxylic acids is 2. The first-order valence-corrected chi connectivity index (χ1v) is 7.32. The second-order valence-electron chi connectivity index (χ2n) is 5.57. The van der Waals surface area contributed by atoms with Gasteiger partial charge in [-0.05, 0) is 17.7 Å². The number of hydrogen-bond acceptors (Lipinski definition) is 5. The number of esters is 2. The average molecular weight is 358 g/mol. The predicted octanol–water partition coefficient (Wildman–Crippen LogP) is 3.05. The molecule has 8 heteroatoms. The maximum absolute atomic E-state index is 12.7. The Balaban J connectivity index is 2.52. The Kier molecular flexibility index (Phi) is 5.22. The molecule has 2 atom stereocenters. The molecule has 5 nitrogen and oxygen atoms in total. The second-order valence-corrected chi connectivity index (χ2v) is 5.57. The van der Waals surface area contributed by atoms with Crippen LogP contribution in [0.4, 0.5) is 13.2 Å². The quantitative estimate of drug-likeness (QED) is 0.470. The van der Waals surface area contributed by atoms with Crippen molar-refractivity contribution in [2.24, 2.45) is 5.41 Å². The Morgan fingerprint density at radius 2 is 1.72 bits per heavy atom. The molecule has 2 rings (SSSR count). The molecule has 0 spiro atoms. The lowest BCUT2D eigenvalue weighted by Gasteiger charge is -2.28. The first-order chi connectivity index (χ1) is 11.7. The van der Waals surface area contributed by atoms with Gasteiger partial charge < -0.3 is 14.2 Å². The van der Waals surface area contributed by atoms with Crippen molar-refractivity contribution in [3.8, 4) is 0 Å². The molecule has 1 saturated heterocycles. The van der Waals surface area contributed by atoms with Crippen LogP contribution in [0.5, 0.6) is 0 Å². The van der Waals surface area contributed by atoms with Crippen LogP contribution in [0.25, 0.3) is 0 Å². The van der Waals surface area contributed by atoms with Crippen molar-refractivity contribution in [2.75, 3.05) is 14.2 Å². The van der Waals surface area contributed by atoms with Crippen molar-refractivity contribution < 1.29 is 37.0 Å². The van der Waals surface area contributed by atoms with Gasteiger partial charge in [0.1, 0.15) is 6.10 Å². The third-order valence-corrected chi connectivity index (χ3v) is 4.18. The van der Waals surface area contributed by atoms with Crippen molar-refractivity contribution in [2.45, 2.75) is 24.8 Å². The van der Waals surface area contributed by atoms with Gasteiger partial charge >= 0.3 is 18.1 Å².